The van der Waals surface area contributed by atoms with E-state index >= 15 is 0 Å². The molecule has 0 radical (unpaired) electrons. The lowest BCUT2D eigenvalue weighted by Gasteiger charge is -2.33. The molecular formula is C13H15N3O2S. The Morgan fingerprint density at radius 3 is 3.11 bits per heavy atom. The zero-order chi connectivity index (χ0) is 13.2. The van der Waals surface area contributed by atoms with Gasteiger partial charge in [-0.25, -0.2) is 0 Å². The maximum absolute atomic E-state index is 12.5. The summed E-state index contributed by atoms with van der Waals surface area (Å²) >= 11 is 1.47. The second kappa shape index (κ2) is 5.13. The smallest absolute Gasteiger partial charge is 0.264 e. The van der Waals surface area contributed by atoms with Gasteiger partial charge < -0.3 is 9.42 Å². The number of carbonyl (C=O) groups is 1. The highest BCUT2D eigenvalue weighted by atomic mass is 32.1. The molecular weight excluding hydrogens is 262 g/mol. The van der Waals surface area contributed by atoms with Crippen LogP contribution in [0, 0.1) is 6.92 Å². The second-order valence-corrected chi connectivity index (χ2v) is 5.61. The third-order valence-electron chi connectivity index (χ3n) is 3.32. The van der Waals surface area contributed by atoms with Gasteiger partial charge in [0, 0.05) is 6.54 Å². The maximum Gasteiger partial charge on any atom is 0.264 e. The SMILES string of the molecule is Cc1noc([C@@H]2CCCCN2C(=O)c2cccs2)n1. The van der Waals surface area contributed by atoms with Crippen LogP contribution in [0.15, 0.2) is 22.0 Å². The average Bonchev–Trinajstić information content (AvgIpc) is 3.09. The van der Waals surface area contributed by atoms with Crippen LogP contribution in [0.25, 0.3) is 0 Å². The Morgan fingerprint density at radius 2 is 2.42 bits per heavy atom. The van der Waals surface area contributed by atoms with Crippen LogP contribution < -0.4 is 0 Å². The summed E-state index contributed by atoms with van der Waals surface area (Å²) in [4.78, 5) is 19.4. The molecule has 0 aromatic carbocycles. The number of amides is 1. The Kier molecular flexibility index (Phi) is 3.33. The molecule has 0 unspecified atom stereocenters. The number of aromatic nitrogens is 2. The summed E-state index contributed by atoms with van der Waals surface area (Å²) in [6, 6.07) is 3.68. The number of nitrogens with zero attached hydrogens (tertiary/aromatic N) is 3. The summed E-state index contributed by atoms with van der Waals surface area (Å²) in [5.41, 5.74) is 0. The van der Waals surface area contributed by atoms with Crippen molar-refractivity contribution in [1.82, 2.24) is 15.0 Å². The van der Waals surface area contributed by atoms with Crippen molar-refractivity contribution in [3.8, 4) is 0 Å². The minimum absolute atomic E-state index is 0.0653. The summed E-state index contributed by atoms with van der Waals surface area (Å²) in [6.07, 6.45) is 3.00. The molecule has 2 aromatic rings. The van der Waals surface area contributed by atoms with E-state index in [1.165, 1.54) is 11.3 Å². The summed E-state index contributed by atoms with van der Waals surface area (Å²) in [7, 11) is 0. The topological polar surface area (TPSA) is 59.2 Å². The fraction of sp³-hybridized carbons (Fsp3) is 0.462. The van der Waals surface area contributed by atoms with Crippen LogP contribution in [0.4, 0.5) is 0 Å². The Labute approximate surface area is 115 Å². The van der Waals surface area contributed by atoms with Crippen LogP contribution in [-0.4, -0.2) is 27.5 Å². The first-order valence-corrected chi connectivity index (χ1v) is 7.28. The van der Waals surface area contributed by atoms with Crippen molar-refractivity contribution < 1.29 is 9.32 Å². The minimum Gasteiger partial charge on any atom is -0.337 e. The van der Waals surface area contributed by atoms with E-state index in [-0.39, 0.29) is 11.9 Å². The number of hydrogen-bond acceptors (Lipinski definition) is 5. The van der Waals surface area contributed by atoms with Gasteiger partial charge in [0.15, 0.2) is 5.82 Å². The molecule has 5 nitrogen and oxygen atoms in total. The number of thiophene rings is 1. The Hall–Kier alpha value is -1.69. The van der Waals surface area contributed by atoms with Gasteiger partial charge >= 0.3 is 0 Å². The molecule has 1 atom stereocenters. The molecule has 6 heteroatoms. The predicted octanol–water partition coefficient (Wildman–Crippen LogP) is 2.81. The van der Waals surface area contributed by atoms with Gasteiger partial charge in [0.05, 0.1) is 4.88 Å². The quantitative estimate of drug-likeness (QED) is 0.847. The summed E-state index contributed by atoms with van der Waals surface area (Å²) in [6.45, 7) is 2.55. The number of carbonyl (C=O) groups excluding carboxylic acids is 1. The lowest BCUT2D eigenvalue weighted by atomic mass is 10.0. The van der Waals surface area contributed by atoms with Crippen molar-refractivity contribution in [2.75, 3.05) is 6.54 Å². The molecule has 0 saturated carbocycles. The Balaban J connectivity index is 1.87. The Bertz CT molecular complexity index is 564. The van der Waals surface area contributed by atoms with E-state index in [2.05, 4.69) is 10.1 Å². The van der Waals surface area contributed by atoms with Crippen LogP contribution in [0.2, 0.25) is 0 Å². The van der Waals surface area contributed by atoms with Gasteiger partial charge in [-0.15, -0.1) is 11.3 Å². The van der Waals surface area contributed by atoms with Gasteiger partial charge in [-0.1, -0.05) is 11.2 Å². The third kappa shape index (κ3) is 2.40. The molecule has 2 aromatic heterocycles. The molecule has 1 saturated heterocycles. The highest BCUT2D eigenvalue weighted by Crippen LogP contribution is 2.31. The molecule has 0 aliphatic carbocycles. The molecule has 1 amide bonds. The molecule has 0 spiro atoms. The number of rotatable bonds is 2. The number of piperidine rings is 1. The van der Waals surface area contributed by atoms with Gasteiger partial charge in [0.2, 0.25) is 5.89 Å². The summed E-state index contributed by atoms with van der Waals surface area (Å²) < 4.78 is 5.25. The van der Waals surface area contributed by atoms with Crippen LogP contribution in [0.3, 0.4) is 0 Å². The van der Waals surface area contributed by atoms with Crippen molar-refractivity contribution in [3.05, 3.63) is 34.1 Å². The van der Waals surface area contributed by atoms with Crippen molar-refractivity contribution in [2.24, 2.45) is 0 Å². The van der Waals surface area contributed by atoms with Gasteiger partial charge in [-0.2, -0.15) is 4.98 Å². The van der Waals surface area contributed by atoms with E-state index < -0.39 is 0 Å². The number of hydrogen-bond donors (Lipinski definition) is 0. The highest BCUT2D eigenvalue weighted by molar-refractivity contribution is 7.12. The highest BCUT2D eigenvalue weighted by Gasteiger charge is 2.32. The fourth-order valence-corrected chi connectivity index (χ4v) is 3.10. The molecule has 0 bridgehead atoms. The van der Waals surface area contributed by atoms with Crippen LogP contribution >= 0.6 is 11.3 Å². The lowest BCUT2D eigenvalue weighted by Crippen LogP contribution is -2.38. The van der Waals surface area contributed by atoms with Crippen molar-refractivity contribution in [3.63, 3.8) is 0 Å². The zero-order valence-electron chi connectivity index (χ0n) is 10.7. The van der Waals surface area contributed by atoms with E-state index in [0.717, 1.165) is 30.7 Å². The van der Waals surface area contributed by atoms with Gasteiger partial charge in [0.1, 0.15) is 6.04 Å². The standard InChI is InChI=1S/C13H15N3O2S/c1-9-14-12(18-15-9)10-5-2-3-7-16(10)13(17)11-6-4-8-19-11/h4,6,8,10H,2-3,5,7H2,1H3/t10-/m0/s1. The minimum atomic E-state index is -0.0791. The van der Waals surface area contributed by atoms with Crippen molar-refractivity contribution >= 4 is 17.2 Å². The molecule has 0 N–H and O–H groups in total. The second-order valence-electron chi connectivity index (χ2n) is 4.67. The van der Waals surface area contributed by atoms with E-state index in [9.17, 15) is 4.79 Å². The van der Waals surface area contributed by atoms with Gasteiger partial charge in [-0.3, -0.25) is 4.79 Å². The zero-order valence-corrected chi connectivity index (χ0v) is 11.5. The van der Waals surface area contributed by atoms with Gasteiger partial charge in [-0.05, 0) is 37.6 Å². The van der Waals surface area contributed by atoms with E-state index in [0.29, 0.717) is 11.7 Å². The normalized spacial score (nSPS) is 19.6. The van der Waals surface area contributed by atoms with E-state index in [1.54, 1.807) is 6.92 Å². The molecule has 100 valence electrons. The number of likely N-dealkylation sites (tertiary alicyclic amines) is 1. The molecule has 1 fully saturated rings. The van der Waals surface area contributed by atoms with Crippen molar-refractivity contribution in [2.45, 2.75) is 32.2 Å². The number of aryl methyl sites for hydroxylation is 1. The molecule has 1 aliphatic rings. The van der Waals surface area contributed by atoms with Crippen molar-refractivity contribution in [1.29, 1.82) is 0 Å². The maximum atomic E-state index is 12.5. The van der Waals surface area contributed by atoms with Gasteiger partial charge in [0.25, 0.3) is 5.91 Å². The molecule has 3 heterocycles. The molecule has 3 rings (SSSR count). The van der Waals surface area contributed by atoms with Crippen LogP contribution in [0.5, 0.6) is 0 Å². The Morgan fingerprint density at radius 1 is 1.53 bits per heavy atom. The first-order valence-electron chi connectivity index (χ1n) is 6.40. The average molecular weight is 277 g/mol. The van der Waals surface area contributed by atoms with E-state index in [4.69, 9.17) is 4.52 Å². The van der Waals surface area contributed by atoms with E-state index in [1.807, 2.05) is 22.4 Å². The molecule has 1 aliphatic heterocycles. The lowest BCUT2D eigenvalue weighted by molar-refractivity contribution is 0.0566. The first kappa shape index (κ1) is 12.3. The summed E-state index contributed by atoms with van der Waals surface area (Å²) in [5.74, 6) is 1.24. The summed E-state index contributed by atoms with van der Waals surface area (Å²) in [5, 5.41) is 5.75. The van der Waals surface area contributed by atoms with Crippen LogP contribution in [0.1, 0.15) is 46.7 Å². The molecule has 19 heavy (non-hydrogen) atoms. The monoisotopic (exact) mass is 277 g/mol. The largest absolute Gasteiger partial charge is 0.337 e. The van der Waals surface area contributed by atoms with Crippen LogP contribution in [-0.2, 0) is 0 Å². The third-order valence-corrected chi connectivity index (χ3v) is 4.18. The fourth-order valence-electron chi connectivity index (χ4n) is 2.42. The predicted molar refractivity (Wildman–Crippen MR) is 71.0 cm³/mol. The first-order chi connectivity index (χ1) is 9.25.